The van der Waals surface area contributed by atoms with Crippen LogP contribution in [-0.2, 0) is 35.1 Å². The van der Waals surface area contributed by atoms with Crippen LogP contribution in [-0.4, -0.2) is 4.21 Å². The first-order valence-electron chi connectivity index (χ1n) is 12.8. The van der Waals surface area contributed by atoms with Crippen molar-refractivity contribution in [2.45, 2.75) is 66.2 Å². The number of fused-ring (bicyclic) bond motifs is 3. The fourth-order valence-corrected chi connectivity index (χ4v) is 4.70. The van der Waals surface area contributed by atoms with Crippen molar-refractivity contribution in [2.75, 3.05) is 0 Å². The molecule has 1 aliphatic carbocycles. The maximum atomic E-state index is 3.39. The van der Waals surface area contributed by atoms with Crippen LogP contribution in [0, 0.1) is 12.0 Å². The van der Waals surface area contributed by atoms with Crippen molar-refractivity contribution in [2.24, 2.45) is 5.92 Å². The zero-order chi connectivity index (χ0) is 26.7. The second-order valence-corrected chi connectivity index (χ2v) is 11.8. The summed E-state index contributed by atoms with van der Waals surface area (Å²) in [6, 6.07) is 26.6. The van der Waals surface area contributed by atoms with Crippen LogP contribution < -0.4 is 0 Å². The summed E-state index contributed by atoms with van der Waals surface area (Å²) in [5, 5.41) is 5.49. The number of benzene rings is 3. The van der Waals surface area contributed by atoms with Gasteiger partial charge in [-0.05, 0) is 10.8 Å². The number of rotatable bonds is 1. The molecule has 0 radical (unpaired) electrons. The first kappa shape index (κ1) is 28.3. The zero-order valence-corrected chi connectivity index (χ0v) is 25.7. The predicted molar refractivity (Wildman–Crippen MR) is 158 cm³/mol. The second kappa shape index (κ2) is 11.4. The molecule has 0 spiro atoms. The maximum absolute atomic E-state index is 3.39. The van der Waals surface area contributed by atoms with Gasteiger partial charge in [0, 0.05) is 0 Å². The van der Waals surface area contributed by atoms with Gasteiger partial charge in [0.05, 0.1) is 0 Å². The Labute approximate surface area is 233 Å². The average molecular weight is 552 g/mol. The Balaban J connectivity index is 0.000000206. The second-order valence-electron chi connectivity index (χ2n) is 11.8. The first-order chi connectivity index (χ1) is 16.9. The Kier molecular flexibility index (Phi) is 9.00. The molecule has 1 heteroatoms. The molecule has 0 fully saturated rings. The van der Waals surface area contributed by atoms with Crippen molar-refractivity contribution in [3.63, 3.8) is 0 Å². The van der Waals surface area contributed by atoms with E-state index in [0.29, 0.717) is 5.92 Å². The summed E-state index contributed by atoms with van der Waals surface area (Å²) in [5.74, 6) is 0.468. The quantitative estimate of drug-likeness (QED) is 0.207. The molecular weight excluding hydrogens is 512 g/mol. The van der Waals surface area contributed by atoms with Gasteiger partial charge in [-0.3, -0.25) is 6.08 Å². The standard InChI is InChI=1S/C21H25.C13H13.CH2.Zr/c1-20(2,3)16-9-7-14-11-15-8-10-17(21(4,5)6)13-19(15)18(14)12-16;1-10-8-11(2)13(9-10)12-6-4-3-5-7-12;;/h7-13H,1-6H3;3-7,9-10H,1-2H3;1H2;/q2*-1;;+2. The van der Waals surface area contributed by atoms with Crippen LogP contribution in [0.1, 0.15) is 72.1 Å². The van der Waals surface area contributed by atoms with Gasteiger partial charge in [0.15, 0.2) is 0 Å². The summed E-state index contributed by atoms with van der Waals surface area (Å²) in [4.78, 5) is 0. The fraction of sp³-hybridized carbons (Fsp3) is 0.314. The molecule has 0 aromatic heterocycles. The molecule has 36 heavy (non-hydrogen) atoms. The van der Waals surface area contributed by atoms with Gasteiger partial charge in [-0.25, -0.2) is 5.57 Å². The molecule has 4 aromatic carbocycles. The van der Waals surface area contributed by atoms with Crippen LogP contribution in [0.15, 0.2) is 84.4 Å². The van der Waals surface area contributed by atoms with Crippen molar-refractivity contribution in [1.29, 1.82) is 0 Å². The van der Waals surface area contributed by atoms with Gasteiger partial charge in [0.1, 0.15) is 0 Å². The first-order valence-corrected chi connectivity index (χ1v) is 14.5. The molecule has 4 aromatic rings. The minimum absolute atomic E-state index is 0.194. The van der Waals surface area contributed by atoms with Crippen LogP contribution in [0.25, 0.3) is 27.1 Å². The van der Waals surface area contributed by atoms with E-state index < -0.39 is 0 Å². The molecule has 0 saturated heterocycles. The van der Waals surface area contributed by atoms with Crippen molar-refractivity contribution in [3.8, 4) is 0 Å². The molecule has 0 heterocycles. The summed E-state index contributed by atoms with van der Waals surface area (Å²) in [6.45, 7) is 18.0. The van der Waals surface area contributed by atoms with E-state index in [0.717, 1.165) is 0 Å². The molecule has 0 aliphatic heterocycles. The third-order valence-electron chi connectivity index (χ3n) is 6.79. The third-order valence-corrected chi connectivity index (χ3v) is 6.79. The molecule has 1 unspecified atom stereocenters. The van der Waals surface area contributed by atoms with E-state index in [4.69, 9.17) is 0 Å². The minimum atomic E-state index is 0.194. The molecule has 0 nitrogen and oxygen atoms in total. The predicted octanol–water partition coefficient (Wildman–Crippen LogP) is 9.74. The van der Waals surface area contributed by atoms with Gasteiger partial charge in [-0.1, -0.05) is 127 Å². The summed E-state index contributed by atoms with van der Waals surface area (Å²) in [6.07, 6.45) is 5.66. The van der Waals surface area contributed by atoms with E-state index in [1.807, 2.05) is 6.07 Å². The Hall–Kier alpha value is -2.24. The van der Waals surface area contributed by atoms with Gasteiger partial charge >= 0.3 is 28.4 Å². The van der Waals surface area contributed by atoms with Crippen LogP contribution in [0.4, 0.5) is 0 Å². The molecule has 1 atom stereocenters. The number of hydrogen-bond acceptors (Lipinski definition) is 0. The Morgan fingerprint density at radius 2 is 1.22 bits per heavy atom. The topological polar surface area (TPSA) is 0 Å². The van der Waals surface area contributed by atoms with Gasteiger partial charge in [-0.2, -0.15) is 11.6 Å². The zero-order valence-electron chi connectivity index (χ0n) is 23.3. The van der Waals surface area contributed by atoms with Gasteiger partial charge in [0.2, 0.25) is 0 Å². The Bertz CT molecular complexity index is 1310. The molecule has 0 N–H and O–H groups in total. The summed E-state index contributed by atoms with van der Waals surface area (Å²) in [5.41, 5.74) is 7.12. The molecule has 0 bridgehead atoms. The monoisotopic (exact) mass is 550 g/mol. The average Bonchev–Trinajstić information content (AvgIpc) is 3.38. The molecule has 0 saturated carbocycles. The molecule has 184 valence electrons. The Morgan fingerprint density at radius 3 is 1.61 bits per heavy atom. The van der Waals surface area contributed by atoms with E-state index in [-0.39, 0.29) is 10.8 Å². The van der Waals surface area contributed by atoms with Crippen LogP contribution >= 0.6 is 0 Å². The number of allylic oxidation sites excluding steroid dienone is 4. The van der Waals surface area contributed by atoms with Crippen molar-refractivity contribution < 1.29 is 24.2 Å². The molecule has 5 rings (SSSR count). The summed E-state index contributed by atoms with van der Waals surface area (Å²) >= 11 is 1.30. The van der Waals surface area contributed by atoms with E-state index in [2.05, 4.69) is 138 Å². The van der Waals surface area contributed by atoms with E-state index in [1.165, 1.54) is 73.6 Å². The van der Waals surface area contributed by atoms with Gasteiger partial charge < -0.3 is 0 Å². The fourth-order valence-electron chi connectivity index (χ4n) is 4.70. The van der Waals surface area contributed by atoms with Gasteiger partial charge in [-0.15, -0.1) is 45.3 Å². The van der Waals surface area contributed by atoms with Crippen LogP contribution in [0.5, 0.6) is 0 Å². The summed E-state index contributed by atoms with van der Waals surface area (Å²) < 4.78 is 3.34. The number of hydrogen-bond donors (Lipinski definition) is 0. The van der Waals surface area contributed by atoms with E-state index in [9.17, 15) is 0 Å². The van der Waals surface area contributed by atoms with Crippen molar-refractivity contribution in [1.82, 2.24) is 0 Å². The molecule has 0 amide bonds. The van der Waals surface area contributed by atoms with Crippen molar-refractivity contribution >= 4 is 31.3 Å². The molecule has 1 aliphatic rings. The van der Waals surface area contributed by atoms with E-state index in [1.54, 1.807) is 0 Å². The normalized spacial score (nSPS) is 15.6. The summed E-state index contributed by atoms with van der Waals surface area (Å²) in [7, 11) is 0. The SMILES string of the molecule is CC(C)(C)c1ccc2[cH-]c3ccc(C(C)(C)C)cc3c2c1.CC1=[C-]C(C)C=C1c1ccccc1.[CH2]=[Zr+2]. The van der Waals surface area contributed by atoms with Crippen molar-refractivity contribution in [3.05, 3.63) is 107 Å². The third kappa shape index (κ3) is 6.55. The van der Waals surface area contributed by atoms with Gasteiger partial charge in [0.25, 0.3) is 0 Å². The van der Waals surface area contributed by atoms with E-state index >= 15 is 0 Å². The van der Waals surface area contributed by atoms with Crippen LogP contribution in [0.3, 0.4) is 0 Å². The molecular formula is C35H40Zr. The van der Waals surface area contributed by atoms with Crippen LogP contribution in [0.2, 0.25) is 0 Å². The Morgan fingerprint density at radius 1 is 0.750 bits per heavy atom.